The second-order valence-electron chi connectivity index (χ2n) is 8.06. The van der Waals surface area contributed by atoms with Crippen molar-refractivity contribution in [3.8, 4) is 11.4 Å². The summed E-state index contributed by atoms with van der Waals surface area (Å²) < 4.78 is 7.22. The van der Waals surface area contributed by atoms with Crippen LogP contribution in [0.5, 0.6) is 0 Å². The third-order valence-electron chi connectivity index (χ3n) is 5.95. The maximum absolute atomic E-state index is 12.9. The number of pyridine rings is 1. The van der Waals surface area contributed by atoms with Crippen molar-refractivity contribution >= 4 is 23.3 Å². The number of piperidine rings is 1. The zero-order valence-corrected chi connectivity index (χ0v) is 17.9. The summed E-state index contributed by atoms with van der Waals surface area (Å²) in [4.78, 5) is 34.2. The minimum absolute atomic E-state index is 0.0293. The fraction of sp³-hybridized carbons (Fsp3) is 0.261. The van der Waals surface area contributed by atoms with Crippen molar-refractivity contribution in [2.75, 3.05) is 18.4 Å². The van der Waals surface area contributed by atoms with Gasteiger partial charge >= 0.3 is 6.09 Å². The van der Waals surface area contributed by atoms with Gasteiger partial charge in [-0.15, -0.1) is 0 Å². The highest BCUT2D eigenvalue weighted by atomic mass is 16.5. The van der Waals surface area contributed by atoms with E-state index in [2.05, 4.69) is 20.4 Å². The first kappa shape index (κ1) is 20.7. The highest BCUT2D eigenvalue weighted by molar-refractivity contribution is 6.04. The molecule has 2 N–H and O–H groups in total. The molecule has 168 valence electrons. The van der Waals surface area contributed by atoms with E-state index in [0.717, 1.165) is 5.56 Å². The van der Waals surface area contributed by atoms with Crippen molar-refractivity contribution in [1.82, 2.24) is 24.4 Å². The lowest BCUT2D eigenvalue weighted by molar-refractivity contribution is 0.102. The van der Waals surface area contributed by atoms with Gasteiger partial charge in [-0.05, 0) is 43.5 Å². The number of anilines is 1. The van der Waals surface area contributed by atoms with Crippen LogP contribution in [0, 0.1) is 6.92 Å². The van der Waals surface area contributed by atoms with E-state index in [1.165, 1.54) is 4.90 Å². The first-order valence-corrected chi connectivity index (χ1v) is 10.7. The predicted octanol–water partition coefficient (Wildman–Crippen LogP) is 3.80. The minimum Gasteiger partial charge on any atom is -0.465 e. The SMILES string of the molecule is Cc1ccc(-c2noc(C3CCN(C(=O)O)CC3)n2)cc1NC(=O)c1cnc2ccccn12. The maximum Gasteiger partial charge on any atom is 0.407 e. The molecule has 33 heavy (non-hydrogen) atoms. The Morgan fingerprint density at radius 2 is 2.00 bits per heavy atom. The monoisotopic (exact) mass is 446 g/mol. The second-order valence-corrected chi connectivity index (χ2v) is 8.06. The van der Waals surface area contributed by atoms with Gasteiger partial charge in [0.05, 0.1) is 6.20 Å². The molecule has 1 saturated heterocycles. The Bertz CT molecular complexity index is 1340. The quantitative estimate of drug-likeness (QED) is 0.488. The van der Waals surface area contributed by atoms with Crippen molar-refractivity contribution < 1.29 is 19.2 Å². The molecule has 0 spiro atoms. The number of aromatic nitrogens is 4. The number of imidazole rings is 1. The molecular weight excluding hydrogens is 424 g/mol. The third-order valence-corrected chi connectivity index (χ3v) is 5.95. The molecule has 10 heteroatoms. The van der Waals surface area contributed by atoms with Crippen LogP contribution >= 0.6 is 0 Å². The smallest absolute Gasteiger partial charge is 0.407 e. The fourth-order valence-corrected chi connectivity index (χ4v) is 4.02. The first-order chi connectivity index (χ1) is 16.0. The van der Waals surface area contributed by atoms with Crippen LogP contribution in [-0.4, -0.2) is 54.6 Å². The average Bonchev–Trinajstić information content (AvgIpc) is 3.48. The summed E-state index contributed by atoms with van der Waals surface area (Å²) in [6.45, 7) is 2.80. The number of likely N-dealkylation sites (tertiary alicyclic amines) is 1. The Morgan fingerprint density at radius 1 is 1.18 bits per heavy atom. The maximum atomic E-state index is 12.9. The number of carbonyl (C=O) groups excluding carboxylic acids is 1. The molecule has 1 fully saturated rings. The number of nitrogens with zero attached hydrogens (tertiary/aromatic N) is 5. The van der Waals surface area contributed by atoms with Crippen LogP contribution in [-0.2, 0) is 0 Å². The summed E-state index contributed by atoms with van der Waals surface area (Å²) in [5.41, 5.74) is 3.38. The van der Waals surface area contributed by atoms with Gasteiger partial charge < -0.3 is 19.8 Å². The summed E-state index contributed by atoms with van der Waals surface area (Å²) in [6, 6.07) is 11.1. The number of hydrogen-bond acceptors (Lipinski definition) is 6. The average molecular weight is 446 g/mol. The molecule has 0 bridgehead atoms. The topological polar surface area (TPSA) is 126 Å². The van der Waals surface area contributed by atoms with Gasteiger partial charge in [0.1, 0.15) is 11.3 Å². The van der Waals surface area contributed by atoms with Gasteiger partial charge in [-0.1, -0.05) is 23.4 Å². The zero-order chi connectivity index (χ0) is 22.9. The van der Waals surface area contributed by atoms with E-state index in [9.17, 15) is 9.59 Å². The van der Waals surface area contributed by atoms with Gasteiger partial charge in [0, 0.05) is 36.5 Å². The summed E-state index contributed by atoms with van der Waals surface area (Å²) in [5, 5.41) is 16.2. The highest BCUT2D eigenvalue weighted by Gasteiger charge is 2.27. The Labute approximate surface area is 188 Å². The Morgan fingerprint density at radius 3 is 2.79 bits per heavy atom. The van der Waals surface area contributed by atoms with Crippen molar-refractivity contribution in [1.29, 1.82) is 0 Å². The van der Waals surface area contributed by atoms with Crippen molar-refractivity contribution in [3.05, 3.63) is 65.9 Å². The number of hydrogen-bond donors (Lipinski definition) is 2. The van der Waals surface area contributed by atoms with Crippen molar-refractivity contribution in [3.63, 3.8) is 0 Å². The number of fused-ring (bicyclic) bond motifs is 1. The lowest BCUT2D eigenvalue weighted by Gasteiger charge is -2.27. The number of benzene rings is 1. The highest BCUT2D eigenvalue weighted by Crippen LogP contribution is 2.30. The van der Waals surface area contributed by atoms with Crippen molar-refractivity contribution in [2.24, 2.45) is 0 Å². The van der Waals surface area contributed by atoms with E-state index in [0.29, 0.717) is 60.2 Å². The fourth-order valence-electron chi connectivity index (χ4n) is 4.02. The minimum atomic E-state index is -0.905. The number of aryl methyl sites for hydroxylation is 1. The summed E-state index contributed by atoms with van der Waals surface area (Å²) in [7, 11) is 0. The lowest BCUT2D eigenvalue weighted by atomic mass is 9.97. The van der Waals surface area contributed by atoms with Crippen LogP contribution in [0.4, 0.5) is 10.5 Å². The number of carbonyl (C=O) groups is 2. The predicted molar refractivity (Wildman–Crippen MR) is 119 cm³/mol. The molecular formula is C23H22N6O4. The van der Waals surface area contributed by atoms with Crippen LogP contribution in [0.15, 0.2) is 53.3 Å². The molecule has 1 aliphatic heterocycles. The standard InChI is InChI=1S/C23H22N6O4/c1-14-5-6-16(20-26-22(33-27-20)15-7-10-28(11-8-15)23(31)32)12-17(14)25-21(30)18-13-24-19-4-2-3-9-29(18)19/h2-6,9,12-13,15H,7-8,10-11H2,1H3,(H,25,30)(H,31,32). The van der Waals surface area contributed by atoms with Gasteiger partial charge in [0.2, 0.25) is 11.7 Å². The van der Waals surface area contributed by atoms with E-state index < -0.39 is 6.09 Å². The number of rotatable bonds is 4. The molecule has 1 aromatic carbocycles. The molecule has 1 aliphatic rings. The second kappa shape index (κ2) is 8.38. The lowest BCUT2D eigenvalue weighted by Crippen LogP contribution is -2.36. The van der Waals surface area contributed by atoms with Gasteiger partial charge in [-0.3, -0.25) is 9.20 Å². The van der Waals surface area contributed by atoms with Gasteiger partial charge in [0.15, 0.2) is 0 Å². The molecule has 4 heterocycles. The summed E-state index contributed by atoms with van der Waals surface area (Å²) in [6.07, 6.45) is 3.72. The molecule has 2 amide bonds. The Kier molecular flexibility index (Phi) is 5.25. The largest absolute Gasteiger partial charge is 0.465 e. The number of amides is 2. The van der Waals surface area contributed by atoms with Crippen LogP contribution < -0.4 is 5.32 Å². The first-order valence-electron chi connectivity index (χ1n) is 10.7. The molecule has 10 nitrogen and oxygen atoms in total. The summed E-state index contributed by atoms with van der Waals surface area (Å²) in [5.74, 6) is 0.692. The van der Waals surface area contributed by atoms with Crippen LogP contribution in [0.3, 0.4) is 0 Å². The molecule has 0 unspecified atom stereocenters. The van der Waals surface area contributed by atoms with Crippen molar-refractivity contribution in [2.45, 2.75) is 25.7 Å². The van der Waals surface area contributed by atoms with Crippen LogP contribution in [0.1, 0.15) is 40.7 Å². The van der Waals surface area contributed by atoms with E-state index >= 15 is 0 Å². The summed E-state index contributed by atoms with van der Waals surface area (Å²) >= 11 is 0. The Hall–Kier alpha value is -4.21. The molecule has 0 saturated carbocycles. The number of carboxylic acid groups (broad SMARTS) is 1. The Balaban J connectivity index is 1.34. The van der Waals surface area contributed by atoms with Gasteiger partial charge in [0.25, 0.3) is 5.91 Å². The van der Waals surface area contributed by atoms with E-state index in [1.807, 2.05) is 43.3 Å². The molecule has 4 aromatic rings. The van der Waals surface area contributed by atoms with E-state index in [1.54, 1.807) is 16.8 Å². The van der Waals surface area contributed by atoms with Gasteiger partial charge in [-0.2, -0.15) is 4.98 Å². The normalized spacial score (nSPS) is 14.5. The van der Waals surface area contributed by atoms with Gasteiger partial charge in [-0.25, -0.2) is 9.78 Å². The van der Waals surface area contributed by atoms with E-state index in [-0.39, 0.29) is 11.8 Å². The van der Waals surface area contributed by atoms with E-state index in [4.69, 9.17) is 9.63 Å². The van der Waals surface area contributed by atoms with Crippen LogP contribution in [0.2, 0.25) is 0 Å². The third kappa shape index (κ3) is 4.02. The molecule has 0 radical (unpaired) electrons. The zero-order valence-electron chi connectivity index (χ0n) is 17.9. The molecule has 0 atom stereocenters. The molecule has 3 aromatic heterocycles. The van der Waals surface area contributed by atoms with Crippen LogP contribution in [0.25, 0.3) is 17.0 Å². The molecule has 5 rings (SSSR count). The molecule has 0 aliphatic carbocycles. The number of nitrogens with one attached hydrogen (secondary N) is 1.